The van der Waals surface area contributed by atoms with Crippen molar-refractivity contribution >= 4 is 23.5 Å². The number of hydrogen-bond acceptors (Lipinski definition) is 6. The first-order chi connectivity index (χ1) is 13.4. The largest absolute Gasteiger partial charge is 0.494 e. The third-order valence-corrected chi connectivity index (χ3v) is 3.96. The summed E-state index contributed by atoms with van der Waals surface area (Å²) in [6.07, 6.45) is 0.679. The van der Waals surface area contributed by atoms with Gasteiger partial charge in [-0.2, -0.15) is 0 Å². The smallest absolute Gasteiger partial charge is 0.339 e. The highest BCUT2D eigenvalue weighted by Gasteiger charge is 2.17. The third kappa shape index (κ3) is 5.84. The molecule has 0 aliphatic carbocycles. The van der Waals surface area contributed by atoms with Crippen LogP contribution in [0.4, 0.5) is 5.69 Å². The number of carbonyl (C=O) groups is 3. The Hall–Kier alpha value is -3.35. The van der Waals surface area contributed by atoms with Crippen LogP contribution in [0.3, 0.4) is 0 Å². The summed E-state index contributed by atoms with van der Waals surface area (Å²) in [6, 6.07) is 11.9. The lowest BCUT2D eigenvalue weighted by atomic mass is 10.1. The summed E-state index contributed by atoms with van der Waals surface area (Å²) >= 11 is 0. The van der Waals surface area contributed by atoms with Gasteiger partial charge < -0.3 is 19.5 Å². The maximum atomic E-state index is 12.2. The Balaban J connectivity index is 1.96. The lowest BCUT2D eigenvalue weighted by Crippen LogP contribution is -2.17. The molecule has 0 aliphatic heterocycles. The van der Waals surface area contributed by atoms with Gasteiger partial charge in [-0.3, -0.25) is 4.79 Å². The number of amides is 1. The SMILES string of the molecule is COC(=O)c1ccc(C(=O)OC)c(NC(=O)CCCOc2ccc(C)cc2)c1. The molecule has 0 atom stereocenters. The van der Waals surface area contributed by atoms with E-state index in [2.05, 4.69) is 10.1 Å². The van der Waals surface area contributed by atoms with E-state index in [9.17, 15) is 14.4 Å². The summed E-state index contributed by atoms with van der Waals surface area (Å²) in [4.78, 5) is 35.8. The molecule has 0 spiro atoms. The van der Waals surface area contributed by atoms with Crippen molar-refractivity contribution in [1.29, 1.82) is 0 Å². The van der Waals surface area contributed by atoms with Crippen LogP contribution in [0.25, 0.3) is 0 Å². The second kappa shape index (κ2) is 10.1. The van der Waals surface area contributed by atoms with E-state index in [1.165, 1.54) is 32.4 Å². The first-order valence-electron chi connectivity index (χ1n) is 8.74. The topological polar surface area (TPSA) is 90.9 Å². The average Bonchev–Trinajstić information content (AvgIpc) is 2.71. The predicted molar refractivity (Wildman–Crippen MR) is 104 cm³/mol. The maximum Gasteiger partial charge on any atom is 0.339 e. The number of methoxy groups -OCH3 is 2. The van der Waals surface area contributed by atoms with Crippen molar-refractivity contribution in [2.45, 2.75) is 19.8 Å². The van der Waals surface area contributed by atoms with Crippen molar-refractivity contribution in [3.8, 4) is 5.75 Å². The number of esters is 2. The van der Waals surface area contributed by atoms with Crippen molar-refractivity contribution in [1.82, 2.24) is 0 Å². The third-order valence-electron chi connectivity index (χ3n) is 3.96. The second-order valence-electron chi connectivity index (χ2n) is 6.06. The Morgan fingerprint density at radius 2 is 1.61 bits per heavy atom. The van der Waals surface area contributed by atoms with Crippen LogP contribution in [0.2, 0.25) is 0 Å². The number of benzene rings is 2. The lowest BCUT2D eigenvalue weighted by molar-refractivity contribution is -0.116. The van der Waals surface area contributed by atoms with E-state index < -0.39 is 11.9 Å². The summed E-state index contributed by atoms with van der Waals surface area (Å²) in [5.74, 6) is -0.753. The Kier molecular flexibility index (Phi) is 7.56. The number of anilines is 1. The number of hydrogen-bond donors (Lipinski definition) is 1. The summed E-state index contributed by atoms with van der Waals surface area (Å²) < 4.78 is 15.0. The summed E-state index contributed by atoms with van der Waals surface area (Å²) in [5.41, 5.74) is 1.70. The van der Waals surface area contributed by atoms with Crippen molar-refractivity contribution in [2.24, 2.45) is 0 Å². The number of rotatable bonds is 8. The van der Waals surface area contributed by atoms with Gasteiger partial charge in [0, 0.05) is 6.42 Å². The van der Waals surface area contributed by atoms with E-state index in [1.807, 2.05) is 31.2 Å². The number of nitrogens with one attached hydrogen (secondary N) is 1. The van der Waals surface area contributed by atoms with E-state index in [4.69, 9.17) is 9.47 Å². The average molecular weight is 385 g/mol. The highest BCUT2D eigenvalue weighted by Crippen LogP contribution is 2.20. The Morgan fingerprint density at radius 3 is 2.25 bits per heavy atom. The molecule has 148 valence electrons. The van der Waals surface area contributed by atoms with E-state index in [1.54, 1.807) is 0 Å². The molecule has 0 aromatic heterocycles. The number of aryl methyl sites for hydroxylation is 1. The van der Waals surface area contributed by atoms with Crippen LogP contribution in [0.5, 0.6) is 5.75 Å². The highest BCUT2D eigenvalue weighted by molar-refractivity contribution is 6.03. The van der Waals surface area contributed by atoms with Gasteiger partial charge >= 0.3 is 11.9 Å². The fraction of sp³-hybridized carbons (Fsp3) is 0.286. The molecular weight excluding hydrogens is 362 g/mol. The summed E-state index contributed by atoms with van der Waals surface area (Å²) in [5, 5.41) is 2.65. The van der Waals surface area contributed by atoms with Crippen molar-refractivity contribution in [3.05, 3.63) is 59.2 Å². The van der Waals surface area contributed by atoms with Gasteiger partial charge in [-0.25, -0.2) is 9.59 Å². The van der Waals surface area contributed by atoms with Gasteiger partial charge in [0.05, 0.1) is 37.6 Å². The number of ether oxygens (including phenoxy) is 3. The zero-order chi connectivity index (χ0) is 20.5. The molecular formula is C21H23NO6. The maximum absolute atomic E-state index is 12.2. The minimum absolute atomic E-state index is 0.152. The first-order valence-corrected chi connectivity index (χ1v) is 8.74. The van der Waals surface area contributed by atoms with Gasteiger partial charge in [-0.05, 0) is 43.7 Å². The standard InChI is InChI=1S/C21H23NO6/c1-14-6-9-16(10-7-14)28-12-4-5-19(23)22-18-13-15(20(24)26-2)8-11-17(18)21(25)27-3/h6-11,13H,4-5,12H2,1-3H3,(H,22,23). The van der Waals surface area contributed by atoms with Crippen LogP contribution in [0.1, 0.15) is 39.1 Å². The normalized spacial score (nSPS) is 10.1. The summed E-state index contributed by atoms with van der Waals surface area (Å²) in [7, 11) is 2.49. The molecule has 1 amide bonds. The van der Waals surface area contributed by atoms with Crippen LogP contribution in [0.15, 0.2) is 42.5 Å². The van der Waals surface area contributed by atoms with Gasteiger partial charge in [0.1, 0.15) is 5.75 Å². The first kappa shape index (κ1) is 21.0. The molecule has 0 saturated heterocycles. The fourth-order valence-electron chi connectivity index (χ4n) is 2.45. The quantitative estimate of drug-likeness (QED) is 0.553. The Bertz CT molecular complexity index is 844. The van der Waals surface area contributed by atoms with Crippen molar-refractivity contribution in [2.75, 3.05) is 26.1 Å². The monoisotopic (exact) mass is 385 g/mol. The minimum atomic E-state index is -0.616. The van der Waals surface area contributed by atoms with Gasteiger partial charge in [0.2, 0.25) is 5.91 Å². The van der Waals surface area contributed by atoms with Crippen LogP contribution in [0, 0.1) is 6.92 Å². The molecule has 7 nitrogen and oxygen atoms in total. The molecule has 2 rings (SSSR count). The molecule has 0 fully saturated rings. The Morgan fingerprint density at radius 1 is 0.929 bits per heavy atom. The molecule has 0 unspecified atom stereocenters. The zero-order valence-corrected chi connectivity index (χ0v) is 16.1. The molecule has 0 saturated carbocycles. The number of carbonyl (C=O) groups excluding carboxylic acids is 3. The minimum Gasteiger partial charge on any atom is -0.494 e. The van der Waals surface area contributed by atoms with Crippen molar-refractivity contribution < 1.29 is 28.6 Å². The van der Waals surface area contributed by atoms with E-state index >= 15 is 0 Å². The second-order valence-corrected chi connectivity index (χ2v) is 6.06. The van der Waals surface area contributed by atoms with Gasteiger partial charge in [0.25, 0.3) is 0 Å². The van der Waals surface area contributed by atoms with Crippen LogP contribution < -0.4 is 10.1 Å². The molecule has 2 aromatic carbocycles. The molecule has 0 aliphatic rings. The fourth-order valence-corrected chi connectivity index (χ4v) is 2.45. The van der Waals surface area contributed by atoms with Crippen molar-refractivity contribution in [3.63, 3.8) is 0 Å². The van der Waals surface area contributed by atoms with Crippen LogP contribution in [-0.2, 0) is 14.3 Å². The molecule has 28 heavy (non-hydrogen) atoms. The van der Waals surface area contributed by atoms with Gasteiger partial charge in [0.15, 0.2) is 0 Å². The van der Waals surface area contributed by atoms with Crippen LogP contribution >= 0.6 is 0 Å². The lowest BCUT2D eigenvalue weighted by Gasteiger charge is -2.12. The molecule has 0 radical (unpaired) electrons. The Labute approximate surface area is 163 Å². The molecule has 1 N–H and O–H groups in total. The van der Waals surface area contributed by atoms with E-state index in [0.29, 0.717) is 13.0 Å². The van der Waals surface area contributed by atoms with Gasteiger partial charge in [-0.15, -0.1) is 0 Å². The predicted octanol–water partition coefficient (Wildman–Crippen LogP) is 3.37. The highest BCUT2D eigenvalue weighted by atomic mass is 16.5. The molecule has 2 aromatic rings. The van der Waals surface area contributed by atoms with E-state index in [-0.39, 0.29) is 29.1 Å². The molecule has 0 heterocycles. The summed E-state index contributed by atoms with van der Waals surface area (Å²) in [6.45, 7) is 2.37. The zero-order valence-electron chi connectivity index (χ0n) is 16.1. The van der Waals surface area contributed by atoms with E-state index in [0.717, 1.165) is 11.3 Å². The van der Waals surface area contributed by atoms with Crippen LogP contribution in [-0.4, -0.2) is 38.7 Å². The van der Waals surface area contributed by atoms with Gasteiger partial charge in [-0.1, -0.05) is 17.7 Å². The molecule has 7 heteroatoms. The molecule has 0 bridgehead atoms.